The first kappa shape index (κ1) is 15.8. The van der Waals surface area contributed by atoms with Gasteiger partial charge in [0.25, 0.3) is 0 Å². The maximum absolute atomic E-state index is 12.4. The van der Waals surface area contributed by atoms with Crippen molar-refractivity contribution >= 4 is 12.0 Å². The zero-order valence-corrected chi connectivity index (χ0v) is 12.0. The monoisotopic (exact) mass is 272 g/mol. The van der Waals surface area contributed by atoms with Crippen LogP contribution in [0.4, 0.5) is 4.79 Å². The van der Waals surface area contributed by atoms with Crippen LogP contribution in [0.15, 0.2) is 0 Å². The minimum absolute atomic E-state index is 0.162. The van der Waals surface area contributed by atoms with Gasteiger partial charge in [-0.1, -0.05) is 6.92 Å². The Morgan fingerprint density at radius 3 is 2.63 bits per heavy atom. The predicted octanol–water partition coefficient (Wildman–Crippen LogP) is 1.26. The lowest BCUT2D eigenvalue weighted by atomic mass is 9.94. The number of aliphatic carboxylic acids is 1. The molecule has 1 fully saturated rings. The van der Waals surface area contributed by atoms with Crippen LogP contribution in [-0.4, -0.2) is 66.3 Å². The summed E-state index contributed by atoms with van der Waals surface area (Å²) in [4.78, 5) is 26.4. The third-order valence-electron chi connectivity index (χ3n) is 3.55. The topological polar surface area (TPSA) is 70.1 Å². The maximum atomic E-state index is 12.4. The molecule has 19 heavy (non-hydrogen) atoms. The molecule has 1 heterocycles. The van der Waals surface area contributed by atoms with Crippen molar-refractivity contribution in [2.75, 3.05) is 33.4 Å². The van der Waals surface area contributed by atoms with Crippen LogP contribution >= 0.6 is 0 Å². The minimum atomic E-state index is -0.998. The van der Waals surface area contributed by atoms with E-state index in [-0.39, 0.29) is 18.6 Å². The van der Waals surface area contributed by atoms with Gasteiger partial charge in [-0.25, -0.2) is 4.79 Å². The van der Waals surface area contributed by atoms with Crippen molar-refractivity contribution in [2.24, 2.45) is 5.92 Å². The van der Waals surface area contributed by atoms with Gasteiger partial charge < -0.3 is 19.6 Å². The number of carbonyl (C=O) groups is 2. The highest BCUT2D eigenvalue weighted by Gasteiger charge is 2.30. The molecule has 2 amide bonds. The van der Waals surface area contributed by atoms with Gasteiger partial charge in [-0.05, 0) is 25.7 Å². The Balaban J connectivity index is 2.66. The standard InChI is InChI=1S/C13H24N2O4/c1-10-4-5-15(11(2)8-10)13(18)14(6-7-19-3)9-12(16)17/h10-11H,4-9H2,1-3H3,(H,16,17). The van der Waals surface area contributed by atoms with E-state index in [4.69, 9.17) is 9.84 Å². The fourth-order valence-electron chi connectivity index (χ4n) is 2.48. The summed E-state index contributed by atoms with van der Waals surface area (Å²) in [6, 6.07) is -0.0334. The second-order valence-corrected chi connectivity index (χ2v) is 5.26. The molecule has 6 nitrogen and oxygen atoms in total. The van der Waals surface area contributed by atoms with Crippen LogP contribution in [0.2, 0.25) is 0 Å². The molecule has 0 aliphatic carbocycles. The highest BCUT2D eigenvalue weighted by molar-refractivity contribution is 5.80. The molecule has 0 aromatic rings. The van der Waals surface area contributed by atoms with Crippen molar-refractivity contribution in [1.82, 2.24) is 9.80 Å². The van der Waals surface area contributed by atoms with Crippen LogP contribution in [0.1, 0.15) is 26.7 Å². The van der Waals surface area contributed by atoms with Gasteiger partial charge in [-0.3, -0.25) is 4.79 Å². The molecule has 0 aromatic heterocycles. The summed E-state index contributed by atoms with van der Waals surface area (Å²) in [6.45, 7) is 5.27. The maximum Gasteiger partial charge on any atom is 0.323 e. The van der Waals surface area contributed by atoms with E-state index in [9.17, 15) is 9.59 Å². The van der Waals surface area contributed by atoms with Crippen LogP contribution in [0, 0.1) is 5.92 Å². The van der Waals surface area contributed by atoms with Gasteiger partial charge in [-0.2, -0.15) is 0 Å². The summed E-state index contributed by atoms with van der Waals surface area (Å²) in [5, 5.41) is 8.89. The number of hydrogen-bond acceptors (Lipinski definition) is 3. The summed E-state index contributed by atoms with van der Waals surface area (Å²) >= 11 is 0. The third kappa shape index (κ3) is 4.70. The quantitative estimate of drug-likeness (QED) is 0.818. The average molecular weight is 272 g/mol. The molecule has 0 radical (unpaired) electrons. The molecule has 110 valence electrons. The lowest BCUT2D eigenvalue weighted by Crippen LogP contribution is -2.52. The van der Waals surface area contributed by atoms with Gasteiger partial charge in [0.1, 0.15) is 6.54 Å². The zero-order valence-electron chi connectivity index (χ0n) is 12.0. The van der Waals surface area contributed by atoms with Crippen molar-refractivity contribution in [3.05, 3.63) is 0 Å². The Morgan fingerprint density at radius 1 is 1.42 bits per heavy atom. The molecule has 0 spiro atoms. The fraction of sp³-hybridized carbons (Fsp3) is 0.846. The van der Waals surface area contributed by atoms with E-state index in [2.05, 4.69) is 6.92 Å². The summed E-state index contributed by atoms with van der Waals surface area (Å²) in [5.74, 6) is -0.381. The third-order valence-corrected chi connectivity index (χ3v) is 3.55. The smallest absolute Gasteiger partial charge is 0.323 e. The van der Waals surface area contributed by atoms with E-state index in [1.165, 1.54) is 12.0 Å². The normalized spacial score (nSPS) is 23.2. The number of methoxy groups -OCH3 is 1. The Labute approximate surface area is 114 Å². The molecule has 1 aliphatic heterocycles. The largest absolute Gasteiger partial charge is 0.480 e. The number of nitrogens with zero attached hydrogens (tertiary/aromatic N) is 2. The molecule has 2 atom stereocenters. The first-order valence-corrected chi connectivity index (χ1v) is 6.72. The number of amides is 2. The minimum Gasteiger partial charge on any atom is -0.480 e. The second kappa shape index (κ2) is 7.33. The molecule has 1 rings (SSSR count). The molecule has 6 heteroatoms. The highest BCUT2D eigenvalue weighted by Crippen LogP contribution is 2.23. The lowest BCUT2D eigenvalue weighted by Gasteiger charge is -2.39. The molecule has 1 saturated heterocycles. The predicted molar refractivity (Wildman–Crippen MR) is 71.0 cm³/mol. The van der Waals surface area contributed by atoms with Gasteiger partial charge in [0.2, 0.25) is 0 Å². The Kier molecular flexibility index (Phi) is 6.08. The molecule has 0 aromatic carbocycles. The number of rotatable bonds is 5. The van der Waals surface area contributed by atoms with E-state index in [1.807, 2.05) is 6.92 Å². The van der Waals surface area contributed by atoms with Gasteiger partial charge in [0.05, 0.1) is 6.61 Å². The van der Waals surface area contributed by atoms with Gasteiger partial charge in [0.15, 0.2) is 0 Å². The number of carboxylic acids is 1. The van der Waals surface area contributed by atoms with E-state index >= 15 is 0 Å². The summed E-state index contributed by atoms with van der Waals surface area (Å²) in [7, 11) is 1.54. The fourth-order valence-corrected chi connectivity index (χ4v) is 2.48. The van der Waals surface area contributed by atoms with Crippen molar-refractivity contribution in [3.63, 3.8) is 0 Å². The van der Waals surface area contributed by atoms with E-state index in [1.54, 1.807) is 4.90 Å². The van der Waals surface area contributed by atoms with Crippen LogP contribution in [-0.2, 0) is 9.53 Å². The van der Waals surface area contributed by atoms with Crippen LogP contribution < -0.4 is 0 Å². The number of ether oxygens (including phenoxy) is 1. The number of hydrogen-bond donors (Lipinski definition) is 1. The molecule has 1 aliphatic rings. The number of urea groups is 1. The van der Waals surface area contributed by atoms with Crippen molar-refractivity contribution < 1.29 is 19.4 Å². The van der Waals surface area contributed by atoms with Crippen molar-refractivity contribution in [2.45, 2.75) is 32.7 Å². The second-order valence-electron chi connectivity index (χ2n) is 5.26. The van der Waals surface area contributed by atoms with Crippen molar-refractivity contribution in [3.8, 4) is 0 Å². The first-order chi connectivity index (χ1) is 8.95. The Bertz CT molecular complexity index is 322. The van der Waals surface area contributed by atoms with Gasteiger partial charge in [0, 0.05) is 26.2 Å². The number of piperidine rings is 1. The summed E-state index contributed by atoms with van der Waals surface area (Å²) < 4.78 is 4.93. The van der Waals surface area contributed by atoms with E-state index in [0.29, 0.717) is 25.6 Å². The van der Waals surface area contributed by atoms with Crippen LogP contribution in [0.5, 0.6) is 0 Å². The number of carbonyl (C=O) groups excluding carboxylic acids is 1. The van der Waals surface area contributed by atoms with Crippen LogP contribution in [0.25, 0.3) is 0 Å². The summed E-state index contributed by atoms with van der Waals surface area (Å²) in [6.07, 6.45) is 1.94. The molecular formula is C13H24N2O4. The molecule has 2 unspecified atom stereocenters. The number of carboxylic acid groups (broad SMARTS) is 1. The van der Waals surface area contributed by atoms with E-state index < -0.39 is 5.97 Å². The summed E-state index contributed by atoms with van der Waals surface area (Å²) in [5.41, 5.74) is 0. The molecule has 0 saturated carbocycles. The average Bonchev–Trinajstić information content (AvgIpc) is 2.33. The van der Waals surface area contributed by atoms with Crippen LogP contribution in [0.3, 0.4) is 0 Å². The SMILES string of the molecule is COCCN(CC(=O)O)C(=O)N1CCC(C)CC1C. The molecule has 0 bridgehead atoms. The first-order valence-electron chi connectivity index (χ1n) is 6.72. The van der Waals surface area contributed by atoms with Crippen molar-refractivity contribution in [1.29, 1.82) is 0 Å². The highest BCUT2D eigenvalue weighted by atomic mass is 16.5. The Hall–Kier alpha value is -1.30. The molecular weight excluding hydrogens is 248 g/mol. The lowest BCUT2D eigenvalue weighted by molar-refractivity contribution is -0.137. The molecule has 1 N–H and O–H groups in total. The van der Waals surface area contributed by atoms with Gasteiger partial charge in [-0.15, -0.1) is 0 Å². The van der Waals surface area contributed by atoms with E-state index in [0.717, 1.165) is 12.8 Å². The zero-order chi connectivity index (χ0) is 14.4. The Morgan fingerprint density at radius 2 is 2.11 bits per heavy atom. The number of likely N-dealkylation sites (tertiary alicyclic amines) is 1. The van der Waals surface area contributed by atoms with Gasteiger partial charge >= 0.3 is 12.0 Å².